The zero-order valence-corrected chi connectivity index (χ0v) is 14.1. The minimum absolute atomic E-state index is 0.0366. The normalized spacial score (nSPS) is 18.5. The molecule has 3 heterocycles. The number of hydrogen-bond donors (Lipinski definition) is 1. The van der Waals surface area contributed by atoms with E-state index in [-0.39, 0.29) is 22.3 Å². The van der Waals surface area contributed by atoms with Crippen LogP contribution in [0.25, 0.3) is 10.9 Å². The fourth-order valence-electron chi connectivity index (χ4n) is 3.94. The van der Waals surface area contributed by atoms with E-state index in [0.29, 0.717) is 25.5 Å². The van der Waals surface area contributed by atoms with Gasteiger partial charge in [-0.05, 0) is 25.0 Å². The maximum absolute atomic E-state index is 14.4. The molecule has 2 aromatic heterocycles. The molecule has 1 aromatic carbocycles. The number of anilines is 2. The molecule has 1 N–H and O–H groups in total. The van der Waals surface area contributed by atoms with Crippen molar-refractivity contribution in [2.24, 2.45) is 0 Å². The zero-order chi connectivity index (χ0) is 18.8. The molecule has 1 saturated carbocycles. The van der Waals surface area contributed by atoms with E-state index >= 15 is 0 Å². The summed E-state index contributed by atoms with van der Waals surface area (Å²) in [6, 6.07) is 2.96. The SMILES string of the molecule is Fc1cnc(N2CCN(c3n[nH]c4c(F)ccc(F)c34)C3(CC3)C2)c(F)c1. The summed E-state index contributed by atoms with van der Waals surface area (Å²) in [5.41, 5.74) is -0.309. The molecule has 0 atom stereocenters. The molecule has 1 aliphatic carbocycles. The van der Waals surface area contributed by atoms with Crippen LogP contribution in [-0.4, -0.2) is 40.4 Å². The van der Waals surface area contributed by atoms with Crippen molar-refractivity contribution in [2.45, 2.75) is 18.4 Å². The summed E-state index contributed by atoms with van der Waals surface area (Å²) in [6.07, 6.45) is 2.62. The first-order chi connectivity index (χ1) is 13.0. The largest absolute Gasteiger partial charge is 0.350 e. The van der Waals surface area contributed by atoms with E-state index < -0.39 is 23.3 Å². The number of benzene rings is 1. The zero-order valence-electron chi connectivity index (χ0n) is 14.1. The summed E-state index contributed by atoms with van der Waals surface area (Å²) in [7, 11) is 0. The summed E-state index contributed by atoms with van der Waals surface area (Å²) in [4.78, 5) is 7.62. The molecule has 0 radical (unpaired) electrons. The average Bonchev–Trinajstić information content (AvgIpc) is 3.24. The number of nitrogens with one attached hydrogen (secondary N) is 1. The summed E-state index contributed by atoms with van der Waals surface area (Å²) in [5, 5.41) is 6.88. The molecule has 9 heteroatoms. The molecule has 2 aliphatic rings. The Morgan fingerprint density at radius 3 is 2.48 bits per heavy atom. The van der Waals surface area contributed by atoms with Crippen LogP contribution in [0, 0.1) is 23.3 Å². The lowest BCUT2D eigenvalue weighted by Crippen LogP contribution is -2.56. The van der Waals surface area contributed by atoms with Crippen molar-refractivity contribution in [1.29, 1.82) is 0 Å². The van der Waals surface area contributed by atoms with Crippen LogP contribution in [0.15, 0.2) is 24.4 Å². The third kappa shape index (κ3) is 2.44. The van der Waals surface area contributed by atoms with E-state index in [9.17, 15) is 17.6 Å². The lowest BCUT2D eigenvalue weighted by Gasteiger charge is -2.43. The summed E-state index contributed by atoms with van der Waals surface area (Å²) < 4.78 is 55.6. The summed E-state index contributed by atoms with van der Waals surface area (Å²) in [5.74, 6) is -2.07. The quantitative estimate of drug-likeness (QED) is 0.696. The molecule has 2 fully saturated rings. The highest BCUT2D eigenvalue weighted by Crippen LogP contribution is 2.48. The second kappa shape index (κ2) is 5.58. The highest BCUT2D eigenvalue weighted by molar-refractivity contribution is 5.91. The predicted molar refractivity (Wildman–Crippen MR) is 91.7 cm³/mol. The monoisotopic (exact) mass is 377 g/mol. The molecule has 27 heavy (non-hydrogen) atoms. The molecule has 3 aromatic rings. The lowest BCUT2D eigenvalue weighted by atomic mass is 10.1. The van der Waals surface area contributed by atoms with Gasteiger partial charge < -0.3 is 9.80 Å². The first-order valence-corrected chi connectivity index (χ1v) is 8.64. The third-order valence-electron chi connectivity index (χ3n) is 5.42. The summed E-state index contributed by atoms with van der Waals surface area (Å²) in [6.45, 7) is 1.30. The Bertz CT molecular complexity index is 1050. The maximum atomic E-state index is 14.4. The fraction of sp³-hybridized carbons (Fsp3) is 0.333. The van der Waals surface area contributed by atoms with E-state index in [2.05, 4.69) is 15.2 Å². The van der Waals surface area contributed by atoms with E-state index in [4.69, 9.17) is 0 Å². The number of nitrogens with zero attached hydrogens (tertiary/aromatic N) is 4. The van der Waals surface area contributed by atoms with Gasteiger partial charge in [0.25, 0.3) is 0 Å². The van der Waals surface area contributed by atoms with Crippen molar-refractivity contribution in [3.8, 4) is 0 Å². The average molecular weight is 377 g/mol. The molecule has 0 amide bonds. The third-order valence-corrected chi connectivity index (χ3v) is 5.42. The van der Waals surface area contributed by atoms with Crippen molar-refractivity contribution in [1.82, 2.24) is 15.2 Å². The molecule has 0 unspecified atom stereocenters. The van der Waals surface area contributed by atoms with Gasteiger partial charge in [0.1, 0.15) is 23.0 Å². The van der Waals surface area contributed by atoms with Crippen LogP contribution in [0.3, 0.4) is 0 Å². The highest BCUT2D eigenvalue weighted by Gasteiger charge is 2.53. The number of H-pyrrole nitrogens is 1. The molecule has 1 saturated heterocycles. The molecule has 140 valence electrons. The van der Waals surface area contributed by atoms with Gasteiger partial charge in [-0.25, -0.2) is 22.5 Å². The van der Waals surface area contributed by atoms with Gasteiger partial charge in [-0.1, -0.05) is 0 Å². The van der Waals surface area contributed by atoms with E-state index in [1.54, 1.807) is 4.90 Å². The van der Waals surface area contributed by atoms with Crippen LogP contribution in [0.2, 0.25) is 0 Å². The molecular weight excluding hydrogens is 362 g/mol. The number of aromatic nitrogens is 3. The van der Waals surface area contributed by atoms with Gasteiger partial charge in [0, 0.05) is 25.7 Å². The van der Waals surface area contributed by atoms with Crippen molar-refractivity contribution in [2.75, 3.05) is 29.4 Å². The van der Waals surface area contributed by atoms with Gasteiger partial charge in [0.15, 0.2) is 17.5 Å². The number of aromatic amines is 1. The minimum atomic E-state index is -0.725. The van der Waals surface area contributed by atoms with Crippen LogP contribution in [0.4, 0.5) is 29.2 Å². The van der Waals surface area contributed by atoms with Crippen molar-refractivity contribution >= 4 is 22.5 Å². The Kier molecular flexibility index (Phi) is 3.38. The molecule has 1 aliphatic heterocycles. The molecule has 5 rings (SSSR count). The second-order valence-corrected chi connectivity index (χ2v) is 7.08. The number of pyridine rings is 1. The van der Waals surface area contributed by atoms with E-state index in [1.807, 2.05) is 4.90 Å². The topological polar surface area (TPSA) is 48.1 Å². The van der Waals surface area contributed by atoms with Crippen LogP contribution < -0.4 is 9.80 Å². The van der Waals surface area contributed by atoms with Crippen molar-refractivity contribution in [3.63, 3.8) is 0 Å². The smallest absolute Gasteiger partial charge is 0.168 e. The van der Waals surface area contributed by atoms with E-state index in [0.717, 1.165) is 37.2 Å². The number of halogens is 4. The molecule has 5 nitrogen and oxygen atoms in total. The van der Waals surface area contributed by atoms with Crippen LogP contribution in [0.5, 0.6) is 0 Å². The van der Waals surface area contributed by atoms with E-state index in [1.165, 1.54) is 0 Å². The lowest BCUT2D eigenvalue weighted by molar-refractivity contribution is 0.490. The Hall–Kier alpha value is -2.84. The number of rotatable bonds is 2. The fourth-order valence-corrected chi connectivity index (χ4v) is 3.94. The van der Waals surface area contributed by atoms with Crippen molar-refractivity contribution < 1.29 is 17.6 Å². The standard InChI is InChI=1S/C18H15F4N5/c19-10-7-13(22)16(23-8-10)26-5-6-27(18(9-26)3-4-18)17-14-11(20)1-2-12(21)15(14)24-25-17/h1-2,7-8H,3-6,9H2,(H,24,25). The Labute approximate surface area is 151 Å². The molecule has 1 spiro atoms. The number of piperazine rings is 1. The predicted octanol–water partition coefficient (Wildman–Crippen LogP) is 3.37. The van der Waals surface area contributed by atoms with Crippen LogP contribution in [0.1, 0.15) is 12.8 Å². The summed E-state index contributed by atoms with van der Waals surface area (Å²) >= 11 is 0. The van der Waals surface area contributed by atoms with Crippen molar-refractivity contribution in [3.05, 3.63) is 47.7 Å². The van der Waals surface area contributed by atoms with Gasteiger partial charge in [-0.15, -0.1) is 0 Å². The van der Waals surface area contributed by atoms with Gasteiger partial charge >= 0.3 is 0 Å². The minimum Gasteiger partial charge on any atom is -0.350 e. The van der Waals surface area contributed by atoms with Crippen LogP contribution >= 0.6 is 0 Å². The number of hydrogen-bond acceptors (Lipinski definition) is 4. The maximum Gasteiger partial charge on any atom is 0.168 e. The Morgan fingerprint density at radius 2 is 1.74 bits per heavy atom. The molecule has 0 bridgehead atoms. The highest BCUT2D eigenvalue weighted by atomic mass is 19.1. The van der Waals surface area contributed by atoms with Gasteiger partial charge in [-0.3, -0.25) is 5.10 Å². The Morgan fingerprint density at radius 1 is 0.963 bits per heavy atom. The van der Waals surface area contributed by atoms with Crippen LogP contribution in [-0.2, 0) is 0 Å². The first kappa shape index (κ1) is 16.3. The second-order valence-electron chi connectivity index (χ2n) is 7.08. The Balaban J connectivity index is 1.50. The molecular formula is C18H15F4N5. The first-order valence-electron chi connectivity index (χ1n) is 8.64. The van der Waals surface area contributed by atoms with Gasteiger partial charge in [-0.2, -0.15) is 5.10 Å². The van der Waals surface area contributed by atoms with Gasteiger partial charge in [0.2, 0.25) is 0 Å². The van der Waals surface area contributed by atoms with Gasteiger partial charge in [0.05, 0.1) is 17.1 Å². The number of fused-ring (bicyclic) bond motifs is 1.